The summed E-state index contributed by atoms with van der Waals surface area (Å²) in [5, 5.41) is 12.7. The van der Waals surface area contributed by atoms with E-state index >= 15 is 0 Å². The van der Waals surface area contributed by atoms with Gasteiger partial charge in [-0.1, -0.05) is 19.3 Å². The maximum absolute atomic E-state index is 11.8. The summed E-state index contributed by atoms with van der Waals surface area (Å²) in [7, 11) is 1.50. The Hall–Kier alpha value is -1.76. The van der Waals surface area contributed by atoms with Gasteiger partial charge in [0.2, 0.25) is 0 Å². The molecule has 0 atom stereocenters. The Labute approximate surface area is 116 Å². The van der Waals surface area contributed by atoms with Crippen LogP contribution in [-0.4, -0.2) is 27.8 Å². The van der Waals surface area contributed by atoms with Crippen LogP contribution in [0.15, 0.2) is 9.59 Å². The van der Waals surface area contributed by atoms with Crippen molar-refractivity contribution in [2.24, 2.45) is 12.5 Å². The second kappa shape index (κ2) is 5.70. The summed E-state index contributed by atoms with van der Waals surface area (Å²) in [5.41, 5.74) is 4.75. The average Bonchev–Trinajstić information content (AvgIpc) is 2.46. The number of nitrogens with zero attached hydrogens (tertiary/aromatic N) is 1. The maximum Gasteiger partial charge on any atom is 0.329 e. The highest BCUT2D eigenvalue weighted by Crippen LogP contribution is 2.36. The van der Waals surface area contributed by atoms with Crippen LogP contribution < -0.4 is 22.3 Å². The zero-order chi connectivity index (χ0) is 14.8. The molecule has 1 aliphatic carbocycles. The van der Waals surface area contributed by atoms with Gasteiger partial charge in [-0.3, -0.25) is 14.3 Å². The monoisotopic (exact) mass is 282 g/mol. The Kier molecular flexibility index (Phi) is 4.17. The number of nitrogens with one attached hydrogen (secondary N) is 2. The van der Waals surface area contributed by atoms with Crippen LogP contribution in [-0.2, 0) is 7.05 Å². The molecule has 0 radical (unpaired) electrons. The van der Waals surface area contributed by atoms with E-state index in [0.717, 1.165) is 25.7 Å². The van der Waals surface area contributed by atoms with Crippen molar-refractivity contribution in [3.8, 4) is 0 Å². The number of aliphatic hydroxyl groups excluding tert-OH is 1. The van der Waals surface area contributed by atoms with Gasteiger partial charge < -0.3 is 16.2 Å². The molecule has 0 saturated heterocycles. The number of hydrogen-bond donors (Lipinski definition) is 4. The third kappa shape index (κ3) is 2.72. The van der Waals surface area contributed by atoms with E-state index in [1.165, 1.54) is 18.0 Å². The average molecular weight is 282 g/mol. The van der Waals surface area contributed by atoms with E-state index in [2.05, 4.69) is 10.3 Å². The van der Waals surface area contributed by atoms with Crippen molar-refractivity contribution in [1.29, 1.82) is 0 Å². The number of nitrogen functional groups attached to an aromatic ring is 1. The van der Waals surface area contributed by atoms with E-state index in [0.29, 0.717) is 6.54 Å². The van der Waals surface area contributed by atoms with Crippen LogP contribution in [0.1, 0.15) is 32.1 Å². The van der Waals surface area contributed by atoms with E-state index in [9.17, 15) is 14.7 Å². The van der Waals surface area contributed by atoms with Crippen molar-refractivity contribution in [2.75, 3.05) is 24.2 Å². The van der Waals surface area contributed by atoms with Crippen LogP contribution in [0, 0.1) is 5.41 Å². The van der Waals surface area contributed by atoms with Crippen LogP contribution in [0.2, 0.25) is 0 Å². The highest BCUT2D eigenvalue weighted by Gasteiger charge is 2.31. The first-order valence-corrected chi connectivity index (χ1v) is 6.93. The minimum absolute atomic E-state index is 0.0869. The number of aromatic amines is 1. The summed E-state index contributed by atoms with van der Waals surface area (Å²) >= 11 is 0. The lowest BCUT2D eigenvalue weighted by atomic mass is 9.74. The summed E-state index contributed by atoms with van der Waals surface area (Å²) < 4.78 is 1.19. The fraction of sp³-hybridized carbons (Fsp3) is 0.692. The van der Waals surface area contributed by atoms with E-state index in [-0.39, 0.29) is 23.5 Å². The van der Waals surface area contributed by atoms with Gasteiger partial charge in [0, 0.05) is 19.0 Å². The topological polar surface area (TPSA) is 113 Å². The molecule has 0 unspecified atom stereocenters. The lowest BCUT2D eigenvalue weighted by Gasteiger charge is -2.36. The molecule has 1 fully saturated rings. The zero-order valence-corrected chi connectivity index (χ0v) is 11.7. The number of aliphatic hydroxyl groups is 1. The van der Waals surface area contributed by atoms with E-state index in [4.69, 9.17) is 5.73 Å². The molecule has 5 N–H and O–H groups in total. The standard InChI is InChI=1S/C13H22N4O3/c1-17-10(14)9(11(19)16-12(17)20)15-7-13(8-18)5-3-2-4-6-13/h15,18H,2-8,14H2,1H3,(H,16,19,20). The minimum atomic E-state index is -0.535. The van der Waals surface area contributed by atoms with Crippen molar-refractivity contribution in [1.82, 2.24) is 9.55 Å². The van der Waals surface area contributed by atoms with Gasteiger partial charge in [-0.2, -0.15) is 0 Å². The molecule has 1 aromatic heterocycles. The quantitative estimate of drug-likeness (QED) is 0.621. The van der Waals surface area contributed by atoms with Gasteiger partial charge in [0.1, 0.15) is 11.5 Å². The van der Waals surface area contributed by atoms with Gasteiger partial charge in [0.25, 0.3) is 5.56 Å². The number of hydrogen-bond acceptors (Lipinski definition) is 5. The number of nitrogens with two attached hydrogens (primary N) is 1. The fourth-order valence-electron chi connectivity index (χ4n) is 2.78. The van der Waals surface area contributed by atoms with Crippen molar-refractivity contribution in [2.45, 2.75) is 32.1 Å². The third-order valence-corrected chi connectivity index (χ3v) is 4.26. The maximum atomic E-state index is 11.8. The highest BCUT2D eigenvalue weighted by atomic mass is 16.3. The minimum Gasteiger partial charge on any atom is -0.396 e. The van der Waals surface area contributed by atoms with Crippen LogP contribution in [0.25, 0.3) is 0 Å². The lowest BCUT2D eigenvalue weighted by Crippen LogP contribution is -2.38. The third-order valence-electron chi connectivity index (χ3n) is 4.26. The Balaban J connectivity index is 2.20. The Bertz CT molecular complexity index is 584. The second-order valence-electron chi connectivity index (χ2n) is 5.65. The normalized spacial score (nSPS) is 17.9. The molecule has 1 aliphatic rings. The highest BCUT2D eigenvalue weighted by molar-refractivity contribution is 5.60. The van der Waals surface area contributed by atoms with Crippen LogP contribution >= 0.6 is 0 Å². The largest absolute Gasteiger partial charge is 0.396 e. The van der Waals surface area contributed by atoms with Crippen LogP contribution in [0.5, 0.6) is 0 Å². The van der Waals surface area contributed by atoms with Gasteiger partial charge in [-0.25, -0.2) is 4.79 Å². The van der Waals surface area contributed by atoms with Gasteiger partial charge in [-0.15, -0.1) is 0 Å². The molecule has 2 rings (SSSR count). The molecule has 112 valence electrons. The Morgan fingerprint density at radius 2 is 2.00 bits per heavy atom. The van der Waals surface area contributed by atoms with E-state index < -0.39 is 11.2 Å². The zero-order valence-electron chi connectivity index (χ0n) is 11.7. The number of anilines is 2. The second-order valence-corrected chi connectivity index (χ2v) is 5.65. The first-order valence-electron chi connectivity index (χ1n) is 6.93. The predicted molar refractivity (Wildman–Crippen MR) is 77.8 cm³/mol. The molecule has 0 bridgehead atoms. The first-order chi connectivity index (χ1) is 9.49. The summed E-state index contributed by atoms with van der Waals surface area (Å²) in [6, 6.07) is 0. The lowest BCUT2D eigenvalue weighted by molar-refractivity contribution is 0.0944. The van der Waals surface area contributed by atoms with Crippen molar-refractivity contribution in [3.05, 3.63) is 20.8 Å². The predicted octanol–water partition coefficient (Wildman–Crippen LogP) is 0.0105. The van der Waals surface area contributed by atoms with Crippen LogP contribution in [0.4, 0.5) is 11.5 Å². The smallest absolute Gasteiger partial charge is 0.329 e. The number of aromatic nitrogens is 2. The van der Waals surface area contributed by atoms with Gasteiger partial charge in [-0.05, 0) is 12.8 Å². The molecule has 1 aromatic rings. The molecular formula is C13H22N4O3. The molecule has 1 heterocycles. The Morgan fingerprint density at radius 1 is 1.35 bits per heavy atom. The van der Waals surface area contributed by atoms with Crippen LogP contribution in [0.3, 0.4) is 0 Å². The van der Waals surface area contributed by atoms with Crippen molar-refractivity contribution < 1.29 is 5.11 Å². The SMILES string of the molecule is Cn1c(N)c(NCC2(CO)CCCCC2)c(=O)[nH]c1=O. The van der Waals surface area contributed by atoms with Gasteiger partial charge in [0.05, 0.1) is 6.61 Å². The van der Waals surface area contributed by atoms with E-state index in [1.54, 1.807) is 0 Å². The molecule has 0 aliphatic heterocycles. The molecule has 0 aromatic carbocycles. The number of H-pyrrole nitrogens is 1. The molecule has 0 amide bonds. The fourth-order valence-corrected chi connectivity index (χ4v) is 2.78. The molecular weight excluding hydrogens is 260 g/mol. The molecule has 20 heavy (non-hydrogen) atoms. The van der Waals surface area contributed by atoms with Crippen molar-refractivity contribution in [3.63, 3.8) is 0 Å². The van der Waals surface area contributed by atoms with Gasteiger partial charge >= 0.3 is 5.69 Å². The van der Waals surface area contributed by atoms with Gasteiger partial charge in [0.15, 0.2) is 0 Å². The first kappa shape index (κ1) is 14.6. The summed E-state index contributed by atoms with van der Waals surface area (Å²) in [6.07, 6.45) is 5.22. The molecule has 7 nitrogen and oxygen atoms in total. The number of rotatable bonds is 4. The molecule has 1 saturated carbocycles. The summed E-state index contributed by atoms with van der Waals surface area (Å²) in [5.74, 6) is 0.114. The summed E-state index contributed by atoms with van der Waals surface area (Å²) in [4.78, 5) is 25.4. The summed E-state index contributed by atoms with van der Waals surface area (Å²) in [6.45, 7) is 0.568. The molecule has 7 heteroatoms. The van der Waals surface area contributed by atoms with Crippen molar-refractivity contribution >= 4 is 11.5 Å². The van der Waals surface area contributed by atoms with E-state index in [1.807, 2.05) is 0 Å². The molecule has 0 spiro atoms. The Morgan fingerprint density at radius 3 is 2.60 bits per heavy atom.